The zero-order chi connectivity index (χ0) is 22.6. The van der Waals surface area contributed by atoms with Gasteiger partial charge in [0.2, 0.25) is 0 Å². The summed E-state index contributed by atoms with van der Waals surface area (Å²) in [5.41, 5.74) is 10.5. The molecule has 2 aromatic heterocycles. The predicted octanol–water partition coefficient (Wildman–Crippen LogP) is 4.51. The molecule has 7 heteroatoms. The van der Waals surface area contributed by atoms with E-state index in [1.165, 1.54) is 60.1 Å². The molecule has 7 nitrogen and oxygen atoms in total. The zero-order valence-corrected chi connectivity index (χ0v) is 18.9. The number of nitrogens with one attached hydrogen (secondary N) is 1. The summed E-state index contributed by atoms with van der Waals surface area (Å²) in [6.45, 7) is 0. The Morgan fingerprint density at radius 1 is 0.970 bits per heavy atom. The van der Waals surface area contributed by atoms with Crippen molar-refractivity contribution in [3.8, 4) is 0 Å². The third-order valence-electron chi connectivity index (χ3n) is 6.95. The molecule has 0 saturated heterocycles. The van der Waals surface area contributed by atoms with Crippen molar-refractivity contribution < 1.29 is 0 Å². The van der Waals surface area contributed by atoms with Gasteiger partial charge >= 0.3 is 0 Å². The summed E-state index contributed by atoms with van der Waals surface area (Å²) in [7, 11) is 0. The number of benzene rings is 1. The molecule has 0 atom stereocenters. The highest BCUT2D eigenvalue weighted by Crippen LogP contribution is 2.39. The Morgan fingerprint density at radius 2 is 1.73 bits per heavy atom. The van der Waals surface area contributed by atoms with Crippen LogP contribution in [0.2, 0.25) is 0 Å². The zero-order valence-electron chi connectivity index (χ0n) is 18.9. The summed E-state index contributed by atoms with van der Waals surface area (Å²) in [6.07, 6.45) is 17.7. The highest BCUT2D eigenvalue weighted by atomic mass is 15.3. The van der Waals surface area contributed by atoms with E-state index in [-0.39, 0.29) is 0 Å². The maximum absolute atomic E-state index is 5.63. The van der Waals surface area contributed by atoms with Crippen LogP contribution in [0.5, 0.6) is 0 Å². The first-order chi connectivity index (χ1) is 16.3. The van der Waals surface area contributed by atoms with Crippen molar-refractivity contribution in [2.45, 2.75) is 57.3 Å². The van der Waals surface area contributed by atoms with E-state index in [9.17, 15) is 0 Å². The van der Waals surface area contributed by atoms with Crippen molar-refractivity contribution in [3.05, 3.63) is 77.3 Å². The monoisotopic (exact) mass is 441 g/mol. The minimum absolute atomic E-state index is 0.379. The molecule has 1 saturated carbocycles. The van der Waals surface area contributed by atoms with E-state index >= 15 is 0 Å². The summed E-state index contributed by atoms with van der Waals surface area (Å²) < 4.78 is 2.00. The first-order valence-electron chi connectivity index (χ1n) is 11.9. The Labute approximate surface area is 194 Å². The second-order valence-electron chi connectivity index (χ2n) is 8.91. The number of fused-ring (bicyclic) bond motifs is 1. The molecule has 0 radical (unpaired) electrons. The standard InChI is InChI=1S/C26H31N7/c27-31-25(32-28)23-17-30-33-24(21-10-5-2-6-11-21)22(16-29-26(23)33)20-13-7-12-19(14-15-20)18-8-3-1-4-9-18/h1,3-4,8-9,14-17,21H,2,5-7,10-13,27-28H2,(H,31,32). The van der Waals surface area contributed by atoms with Crippen LogP contribution in [0.3, 0.4) is 0 Å². The molecule has 170 valence electrons. The molecule has 0 aliphatic heterocycles. The van der Waals surface area contributed by atoms with Crippen LogP contribution in [-0.4, -0.2) is 20.4 Å². The molecule has 0 unspecified atom stereocenters. The molecule has 1 fully saturated rings. The second kappa shape index (κ2) is 9.58. The molecule has 2 aliphatic carbocycles. The van der Waals surface area contributed by atoms with E-state index in [0.29, 0.717) is 17.3 Å². The predicted molar refractivity (Wildman–Crippen MR) is 133 cm³/mol. The van der Waals surface area contributed by atoms with Crippen molar-refractivity contribution in [2.24, 2.45) is 16.8 Å². The average Bonchev–Trinajstić information content (AvgIpc) is 3.14. The highest BCUT2D eigenvalue weighted by molar-refractivity contribution is 6.03. The van der Waals surface area contributed by atoms with Crippen LogP contribution in [0, 0.1) is 0 Å². The van der Waals surface area contributed by atoms with Gasteiger partial charge in [0, 0.05) is 17.7 Å². The van der Waals surface area contributed by atoms with Gasteiger partial charge in [0.25, 0.3) is 0 Å². The number of aromatic nitrogens is 3. The third kappa shape index (κ3) is 4.16. The van der Waals surface area contributed by atoms with Crippen LogP contribution in [0.1, 0.15) is 79.7 Å². The number of hydrazone groups is 1. The number of allylic oxidation sites excluding steroid dienone is 4. The summed E-state index contributed by atoms with van der Waals surface area (Å²) in [4.78, 5) is 4.80. The fraction of sp³-hybridized carbons (Fsp3) is 0.346. The minimum atomic E-state index is 0.379. The van der Waals surface area contributed by atoms with Gasteiger partial charge in [0.05, 0.1) is 17.5 Å². The maximum atomic E-state index is 5.63. The first kappa shape index (κ1) is 21.4. The lowest BCUT2D eigenvalue weighted by atomic mass is 9.83. The largest absolute Gasteiger partial charge is 0.321 e. The lowest BCUT2D eigenvalue weighted by Crippen LogP contribution is -2.32. The van der Waals surface area contributed by atoms with Crippen LogP contribution in [0.4, 0.5) is 0 Å². The van der Waals surface area contributed by atoms with Crippen molar-refractivity contribution >= 4 is 22.6 Å². The molecular formula is C26H31N7. The van der Waals surface area contributed by atoms with E-state index in [2.05, 4.69) is 53.0 Å². The Kier molecular flexibility index (Phi) is 6.21. The average molecular weight is 442 g/mol. The highest BCUT2D eigenvalue weighted by Gasteiger charge is 2.26. The van der Waals surface area contributed by atoms with Gasteiger partial charge in [-0.2, -0.15) is 10.2 Å². The number of nitrogens with zero attached hydrogens (tertiary/aromatic N) is 4. The number of rotatable bonds is 4. The van der Waals surface area contributed by atoms with E-state index < -0.39 is 0 Å². The van der Waals surface area contributed by atoms with Gasteiger partial charge in [0.15, 0.2) is 11.5 Å². The topological polar surface area (TPSA) is 107 Å². The molecule has 0 spiro atoms. The SMILES string of the molecule is N/N=C(\NN)c1cnn2c(C3CCCCC3)c(C3=CC=C(c4ccccc4)CCC3)cnc12. The van der Waals surface area contributed by atoms with Crippen molar-refractivity contribution in [1.82, 2.24) is 20.0 Å². The number of hydrogen-bond donors (Lipinski definition) is 3. The number of hydrogen-bond acceptors (Lipinski definition) is 5. The molecule has 3 aromatic rings. The van der Waals surface area contributed by atoms with Gasteiger partial charge in [-0.1, -0.05) is 61.7 Å². The molecular weight excluding hydrogens is 410 g/mol. The van der Waals surface area contributed by atoms with Crippen molar-refractivity contribution in [1.29, 1.82) is 0 Å². The number of amidine groups is 1. The maximum Gasteiger partial charge on any atom is 0.172 e. The Balaban J connectivity index is 1.63. The molecule has 5 N–H and O–H groups in total. The summed E-state index contributed by atoms with van der Waals surface area (Å²) in [6, 6.07) is 10.7. The van der Waals surface area contributed by atoms with Crippen LogP contribution < -0.4 is 17.1 Å². The summed E-state index contributed by atoms with van der Waals surface area (Å²) >= 11 is 0. The molecule has 2 aliphatic rings. The Hall–Kier alpha value is -3.45. The molecule has 0 bridgehead atoms. The van der Waals surface area contributed by atoms with Gasteiger partial charge in [-0.05, 0) is 48.8 Å². The number of hydrazine groups is 1. The third-order valence-corrected chi connectivity index (χ3v) is 6.95. The van der Waals surface area contributed by atoms with Gasteiger partial charge in [-0.25, -0.2) is 15.3 Å². The van der Waals surface area contributed by atoms with Crippen LogP contribution >= 0.6 is 0 Å². The van der Waals surface area contributed by atoms with Gasteiger partial charge in [0.1, 0.15) is 0 Å². The van der Waals surface area contributed by atoms with E-state index in [0.717, 1.165) is 24.9 Å². The molecule has 2 heterocycles. The molecule has 1 aromatic carbocycles. The van der Waals surface area contributed by atoms with Crippen LogP contribution in [0.15, 0.2) is 60.0 Å². The normalized spacial score (nSPS) is 18.0. The van der Waals surface area contributed by atoms with Crippen molar-refractivity contribution in [3.63, 3.8) is 0 Å². The van der Waals surface area contributed by atoms with E-state index in [1.54, 1.807) is 6.20 Å². The quantitative estimate of drug-likeness (QED) is 0.239. The van der Waals surface area contributed by atoms with E-state index in [4.69, 9.17) is 21.8 Å². The van der Waals surface area contributed by atoms with Gasteiger partial charge in [-0.3, -0.25) is 0 Å². The van der Waals surface area contributed by atoms with E-state index in [1.807, 2.05) is 10.7 Å². The fourth-order valence-electron chi connectivity index (χ4n) is 5.27. The lowest BCUT2D eigenvalue weighted by molar-refractivity contribution is 0.429. The summed E-state index contributed by atoms with van der Waals surface area (Å²) in [5.74, 6) is 12.0. The Morgan fingerprint density at radius 3 is 2.48 bits per heavy atom. The number of nitrogens with two attached hydrogens (primary N) is 2. The molecule has 0 amide bonds. The molecule has 5 rings (SSSR count). The van der Waals surface area contributed by atoms with Gasteiger partial charge < -0.3 is 11.3 Å². The smallest absolute Gasteiger partial charge is 0.172 e. The first-order valence-corrected chi connectivity index (χ1v) is 11.9. The molecule has 33 heavy (non-hydrogen) atoms. The van der Waals surface area contributed by atoms with Crippen LogP contribution in [-0.2, 0) is 0 Å². The van der Waals surface area contributed by atoms with Gasteiger partial charge in [-0.15, -0.1) is 0 Å². The van der Waals surface area contributed by atoms with Crippen LogP contribution in [0.25, 0.3) is 16.8 Å². The van der Waals surface area contributed by atoms with Crippen molar-refractivity contribution in [2.75, 3.05) is 0 Å². The fourth-order valence-corrected chi connectivity index (χ4v) is 5.27. The Bertz CT molecular complexity index is 1210. The minimum Gasteiger partial charge on any atom is -0.321 e. The second-order valence-corrected chi connectivity index (χ2v) is 8.91. The lowest BCUT2D eigenvalue weighted by Gasteiger charge is -2.25. The summed E-state index contributed by atoms with van der Waals surface area (Å²) in [5, 5.41) is 8.50.